The van der Waals surface area contributed by atoms with Gasteiger partial charge in [0, 0.05) is 49.4 Å². The molecule has 4 heterocycles. The van der Waals surface area contributed by atoms with Crippen LogP contribution in [0.2, 0.25) is 5.02 Å². The van der Waals surface area contributed by atoms with Gasteiger partial charge in [0.15, 0.2) is 11.5 Å². The molecule has 2 fully saturated rings. The molecule has 2 saturated heterocycles. The van der Waals surface area contributed by atoms with Crippen molar-refractivity contribution in [3.63, 3.8) is 0 Å². The fourth-order valence-electron chi connectivity index (χ4n) is 6.48. The zero-order chi connectivity index (χ0) is 30.0. The molecule has 4 aromatic rings. The summed E-state index contributed by atoms with van der Waals surface area (Å²) < 4.78 is 1.84. The number of halogens is 1. The van der Waals surface area contributed by atoms with Crippen LogP contribution in [0.1, 0.15) is 59.4 Å². The molecule has 2 aliphatic rings. The normalized spacial score (nSPS) is 18.9. The standard InChI is InChI=1S/C34H41ClN6O2/c1-38(2)20-15-26-5-3-18-40(24-26)33(42)27-9-7-25(8-10-27)23-31-36-32-30(6-4-19-41(32)37-31)39-21-16-34(43,17-22-39)28-11-13-29(35)14-12-28/h4,6-14,19,26,43H,3,5,15-18,20-24H2,1-2H3. The van der Waals surface area contributed by atoms with Crippen LogP contribution in [0.4, 0.5) is 5.69 Å². The van der Waals surface area contributed by atoms with Gasteiger partial charge in [0.1, 0.15) is 0 Å². The van der Waals surface area contributed by atoms with E-state index in [-0.39, 0.29) is 5.91 Å². The third-order valence-electron chi connectivity index (χ3n) is 9.05. The summed E-state index contributed by atoms with van der Waals surface area (Å²) in [5.41, 5.74) is 3.70. The molecule has 2 aromatic heterocycles. The van der Waals surface area contributed by atoms with Crippen LogP contribution in [-0.2, 0) is 12.0 Å². The summed E-state index contributed by atoms with van der Waals surface area (Å²) in [6, 6.07) is 19.5. The molecule has 9 heteroatoms. The number of piperidine rings is 2. The quantitative estimate of drug-likeness (QED) is 0.297. The van der Waals surface area contributed by atoms with Gasteiger partial charge in [-0.25, -0.2) is 9.50 Å². The van der Waals surface area contributed by atoms with Crippen molar-refractivity contribution in [3.05, 3.63) is 94.4 Å². The van der Waals surface area contributed by atoms with Gasteiger partial charge in [0.05, 0.1) is 11.3 Å². The first-order valence-corrected chi connectivity index (χ1v) is 15.8. The van der Waals surface area contributed by atoms with E-state index in [1.807, 2.05) is 70.2 Å². The van der Waals surface area contributed by atoms with Crippen LogP contribution in [-0.4, -0.2) is 82.2 Å². The Morgan fingerprint density at radius 2 is 1.79 bits per heavy atom. The van der Waals surface area contributed by atoms with Gasteiger partial charge in [0.2, 0.25) is 0 Å². The van der Waals surface area contributed by atoms with Crippen molar-refractivity contribution in [1.82, 2.24) is 24.4 Å². The van der Waals surface area contributed by atoms with E-state index in [2.05, 4.69) is 30.0 Å². The molecule has 0 spiro atoms. The summed E-state index contributed by atoms with van der Waals surface area (Å²) in [5.74, 6) is 1.44. The van der Waals surface area contributed by atoms with Crippen molar-refractivity contribution in [1.29, 1.82) is 0 Å². The Bertz CT molecular complexity index is 1540. The average molecular weight is 601 g/mol. The van der Waals surface area contributed by atoms with Crippen molar-refractivity contribution in [2.45, 2.75) is 44.1 Å². The summed E-state index contributed by atoms with van der Waals surface area (Å²) >= 11 is 6.06. The number of hydrogen-bond acceptors (Lipinski definition) is 6. The molecule has 0 radical (unpaired) electrons. The molecule has 1 amide bonds. The van der Waals surface area contributed by atoms with Gasteiger partial charge < -0.3 is 19.8 Å². The number of carbonyl (C=O) groups is 1. The van der Waals surface area contributed by atoms with E-state index in [4.69, 9.17) is 21.7 Å². The fourth-order valence-corrected chi connectivity index (χ4v) is 6.61. The number of amides is 1. The molecular formula is C34H41ClN6O2. The van der Waals surface area contributed by atoms with E-state index in [0.717, 1.165) is 66.3 Å². The maximum Gasteiger partial charge on any atom is 0.253 e. The second-order valence-corrected chi connectivity index (χ2v) is 12.9. The van der Waals surface area contributed by atoms with Crippen molar-refractivity contribution >= 4 is 28.8 Å². The molecule has 0 saturated carbocycles. The summed E-state index contributed by atoms with van der Waals surface area (Å²) in [5, 5.41) is 16.8. The lowest BCUT2D eigenvalue weighted by Gasteiger charge is -2.39. The van der Waals surface area contributed by atoms with E-state index in [9.17, 15) is 9.90 Å². The molecule has 2 aromatic carbocycles. The smallest absolute Gasteiger partial charge is 0.253 e. The molecular weight excluding hydrogens is 560 g/mol. The highest BCUT2D eigenvalue weighted by Crippen LogP contribution is 2.36. The van der Waals surface area contributed by atoms with Crippen LogP contribution in [0.3, 0.4) is 0 Å². The predicted molar refractivity (Wildman–Crippen MR) is 171 cm³/mol. The van der Waals surface area contributed by atoms with Gasteiger partial charge in [-0.15, -0.1) is 0 Å². The van der Waals surface area contributed by atoms with E-state index >= 15 is 0 Å². The maximum atomic E-state index is 13.3. The molecule has 0 bridgehead atoms. The molecule has 6 rings (SSSR count). The number of aromatic nitrogens is 3. The number of rotatable bonds is 8. The summed E-state index contributed by atoms with van der Waals surface area (Å²) in [6.07, 6.45) is 7.16. The minimum atomic E-state index is -0.861. The fraction of sp³-hybridized carbons (Fsp3) is 0.441. The van der Waals surface area contributed by atoms with Crippen LogP contribution in [0.25, 0.3) is 5.65 Å². The average Bonchev–Trinajstić information content (AvgIpc) is 3.43. The van der Waals surface area contributed by atoms with Crippen LogP contribution in [0.15, 0.2) is 66.9 Å². The molecule has 0 aliphatic carbocycles. The number of benzene rings is 2. The largest absolute Gasteiger partial charge is 0.385 e. The minimum absolute atomic E-state index is 0.126. The first-order chi connectivity index (χ1) is 20.8. The van der Waals surface area contributed by atoms with Crippen molar-refractivity contribution < 1.29 is 9.90 Å². The second-order valence-electron chi connectivity index (χ2n) is 12.4. The lowest BCUT2D eigenvalue weighted by molar-refractivity contribution is 0.0118. The number of nitrogens with zero attached hydrogens (tertiary/aromatic N) is 6. The number of anilines is 1. The van der Waals surface area contributed by atoms with E-state index < -0.39 is 5.60 Å². The third kappa shape index (κ3) is 6.71. The molecule has 43 heavy (non-hydrogen) atoms. The Kier molecular flexibility index (Phi) is 8.71. The number of fused-ring (bicyclic) bond motifs is 1. The lowest BCUT2D eigenvalue weighted by Crippen LogP contribution is -2.42. The molecule has 226 valence electrons. The van der Waals surface area contributed by atoms with Gasteiger partial charge in [-0.2, -0.15) is 5.10 Å². The zero-order valence-electron chi connectivity index (χ0n) is 25.1. The Morgan fingerprint density at radius 3 is 2.51 bits per heavy atom. The van der Waals surface area contributed by atoms with E-state index in [1.165, 1.54) is 6.42 Å². The van der Waals surface area contributed by atoms with Crippen molar-refractivity contribution in [3.8, 4) is 0 Å². The second kappa shape index (κ2) is 12.6. The van der Waals surface area contributed by atoms with Crippen molar-refractivity contribution in [2.24, 2.45) is 5.92 Å². The number of carbonyl (C=O) groups excluding carboxylic acids is 1. The summed E-state index contributed by atoms with van der Waals surface area (Å²) in [7, 11) is 4.21. The zero-order valence-corrected chi connectivity index (χ0v) is 25.9. The van der Waals surface area contributed by atoms with Crippen molar-refractivity contribution in [2.75, 3.05) is 51.7 Å². The first kappa shape index (κ1) is 29.6. The van der Waals surface area contributed by atoms with Gasteiger partial charge in [-0.1, -0.05) is 35.9 Å². The predicted octanol–water partition coefficient (Wildman–Crippen LogP) is 5.27. The number of hydrogen-bond donors (Lipinski definition) is 1. The Morgan fingerprint density at radius 1 is 1.05 bits per heavy atom. The minimum Gasteiger partial charge on any atom is -0.385 e. The lowest BCUT2D eigenvalue weighted by atomic mass is 9.84. The van der Waals surface area contributed by atoms with Crippen LogP contribution < -0.4 is 4.90 Å². The molecule has 8 nitrogen and oxygen atoms in total. The maximum absolute atomic E-state index is 13.3. The van der Waals surface area contributed by atoms with E-state index in [0.29, 0.717) is 43.3 Å². The SMILES string of the molecule is CN(C)CCC1CCCN(C(=O)c2ccc(Cc3nc4c(N5CCC(O)(c6ccc(Cl)cc6)CC5)cccn4n3)cc2)C1. The third-order valence-corrected chi connectivity index (χ3v) is 9.30. The van der Waals surface area contributed by atoms with Crippen LogP contribution >= 0.6 is 11.6 Å². The summed E-state index contributed by atoms with van der Waals surface area (Å²) in [6.45, 7) is 4.17. The Hall–Kier alpha value is -3.46. The first-order valence-electron chi connectivity index (χ1n) is 15.4. The molecule has 1 unspecified atom stereocenters. The highest BCUT2D eigenvalue weighted by molar-refractivity contribution is 6.30. The monoisotopic (exact) mass is 600 g/mol. The highest BCUT2D eigenvalue weighted by Gasteiger charge is 2.34. The van der Waals surface area contributed by atoms with Crippen LogP contribution in [0, 0.1) is 5.92 Å². The molecule has 2 aliphatic heterocycles. The number of likely N-dealkylation sites (tertiary alicyclic amines) is 1. The molecule has 1 atom stereocenters. The number of aliphatic hydroxyl groups is 1. The Labute approximate surface area is 258 Å². The van der Waals surface area contributed by atoms with Gasteiger partial charge in [-0.3, -0.25) is 4.79 Å². The molecule has 1 N–H and O–H groups in total. The highest BCUT2D eigenvalue weighted by atomic mass is 35.5. The summed E-state index contributed by atoms with van der Waals surface area (Å²) in [4.78, 5) is 24.7. The topological polar surface area (TPSA) is 77.2 Å². The van der Waals surface area contributed by atoms with Gasteiger partial charge in [-0.05, 0) is 106 Å². The van der Waals surface area contributed by atoms with Crippen LogP contribution in [0.5, 0.6) is 0 Å². The van der Waals surface area contributed by atoms with Gasteiger partial charge in [0.25, 0.3) is 5.91 Å². The van der Waals surface area contributed by atoms with Gasteiger partial charge >= 0.3 is 0 Å². The Balaban J connectivity index is 1.10. The van der Waals surface area contributed by atoms with E-state index in [1.54, 1.807) is 0 Å². The number of pyridine rings is 1.